The highest BCUT2D eigenvalue weighted by Crippen LogP contribution is 2.37. The van der Waals surface area contributed by atoms with Crippen LogP contribution in [0.1, 0.15) is 31.2 Å². The summed E-state index contributed by atoms with van der Waals surface area (Å²) >= 11 is 0. The molecule has 1 N–H and O–H groups in total. The fraction of sp³-hybridized carbons (Fsp3) is 0.615. The highest BCUT2D eigenvalue weighted by Gasteiger charge is 2.35. The fourth-order valence-corrected chi connectivity index (χ4v) is 2.32. The van der Waals surface area contributed by atoms with Crippen LogP contribution in [0.25, 0.3) is 0 Å². The lowest BCUT2D eigenvalue weighted by Gasteiger charge is -2.31. The molecule has 1 aliphatic rings. The van der Waals surface area contributed by atoms with Gasteiger partial charge in [0.1, 0.15) is 5.82 Å². The molecule has 2 heterocycles. The van der Waals surface area contributed by atoms with E-state index in [2.05, 4.69) is 4.98 Å². The number of piperidine rings is 1. The van der Waals surface area contributed by atoms with Crippen molar-refractivity contribution in [2.75, 3.05) is 24.6 Å². The Hall–Kier alpha value is -1.23. The lowest BCUT2D eigenvalue weighted by atomic mass is 10.0. The Morgan fingerprint density at radius 2 is 2.00 bits per heavy atom. The van der Waals surface area contributed by atoms with Gasteiger partial charge in [-0.1, -0.05) is 0 Å². The van der Waals surface area contributed by atoms with Crippen LogP contribution in [0.4, 0.5) is 14.6 Å². The van der Waals surface area contributed by atoms with Crippen molar-refractivity contribution in [2.45, 2.75) is 31.6 Å². The third-order valence-electron chi connectivity index (χ3n) is 3.26. The van der Waals surface area contributed by atoms with Crippen molar-refractivity contribution >= 4 is 5.82 Å². The normalized spacial score (nSPS) is 16.9. The summed E-state index contributed by atoms with van der Waals surface area (Å²) in [4.78, 5) is 6.04. The van der Waals surface area contributed by atoms with E-state index < -0.39 is 19.0 Å². The molecule has 5 heteroatoms. The first-order chi connectivity index (χ1) is 8.65. The number of halogens is 2. The third-order valence-corrected chi connectivity index (χ3v) is 3.26. The average Bonchev–Trinajstić information content (AvgIpc) is 2.40. The molecular weight excluding hydrogens is 238 g/mol. The molecule has 1 saturated heterocycles. The summed E-state index contributed by atoms with van der Waals surface area (Å²) in [6.45, 7) is 1.03. The van der Waals surface area contributed by atoms with E-state index in [9.17, 15) is 8.78 Å². The fourth-order valence-electron chi connectivity index (χ4n) is 2.32. The van der Waals surface area contributed by atoms with Crippen LogP contribution >= 0.6 is 0 Å². The van der Waals surface area contributed by atoms with Gasteiger partial charge >= 0.3 is 0 Å². The zero-order chi connectivity index (χ0) is 13.0. The number of aromatic nitrogens is 1. The SMILES string of the molecule is OCCC(F)(F)c1cccnc1N1CCCCC1. The summed E-state index contributed by atoms with van der Waals surface area (Å²) in [6, 6.07) is 2.93. The van der Waals surface area contributed by atoms with Gasteiger partial charge in [-0.3, -0.25) is 0 Å². The number of pyridine rings is 1. The summed E-state index contributed by atoms with van der Waals surface area (Å²) in [5.41, 5.74) is -0.0686. The van der Waals surface area contributed by atoms with Crippen molar-refractivity contribution in [3.8, 4) is 0 Å². The second-order valence-corrected chi connectivity index (χ2v) is 4.60. The molecule has 0 spiro atoms. The minimum Gasteiger partial charge on any atom is -0.396 e. The van der Waals surface area contributed by atoms with Crippen LogP contribution in [0.2, 0.25) is 0 Å². The van der Waals surface area contributed by atoms with Crippen molar-refractivity contribution < 1.29 is 13.9 Å². The number of rotatable bonds is 4. The molecule has 0 unspecified atom stereocenters. The Morgan fingerprint density at radius 1 is 1.28 bits per heavy atom. The van der Waals surface area contributed by atoms with Crippen molar-refractivity contribution in [3.63, 3.8) is 0 Å². The largest absolute Gasteiger partial charge is 0.396 e. The average molecular weight is 256 g/mol. The Kier molecular flexibility index (Phi) is 4.11. The summed E-state index contributed by atoms with van der Waals surface area (Å²) in [7, 11) is 0. The quantitative estimate of drug-likeness (QED) is 0.899. The van der Waals surface area contributed by atoms with Crippen molar-refractivity contribution in [2.24, 2.45) is 0 Å². The molecule has 0 amide bonds. The smallest absolute Gasteiger partial charge is 0.278 e. The van der Waals surface area contributed by atoms with Crippen LogP contribution in [-0.2, 0) is 5.92 Å². The van der Waals surface area contributed by atoms with Gasteiger partial charge in [0.05, 0.1) is 5.56 Å². The van der Waals surface area contributed by atoms with E-state index in [0.29, 0.717) is 5.82 Å². The van der Waals surface area contributed by atoms with E-state index >= 15 is 0 Å². The van der Waals surface area contributed by atoms with Crippen LogP contribution in [0, 0.1) is 0 Å². The Bertz CT molecular complexity index is 392. The summed E-state index contributed by atoms with van der Waals surface area (Å²) in [6.07, 6.45) is 4.16. The van der Waals surface area contributed by atoms with Gasteiger partial charge in [0.2, 0.25) is 0 Å². The van der Waals surface area contributed by atoms with Gasteiger partial charge in [-0.05, 0) is 31.4 Å². The molecule has 1 aromatic heterocycles. The van der Waals surface area contributed by atoms with Gasteiger partial charge in [-0.15, -0.1) is 0 Å². The van der Waals surface area contributed by atoms with E-state index in [1.54, 1.807) is 6.20 Å². The van der Waals surface area contributed by atoms with E-state index in [4.69, 9.17) is 5.11 Å². The van der Waals surface area contributed by atoms with Crippen molar-refractivity contribution in [3.05, 3.63) is 23.9 Å². The molecule has 18 heavy (non-hydrogen) atoms. The molecule has 0 radical (unpaired) electrons. The zero-order valence-corrected chi connectivity index (χ0v) is 10.3. The van der Waals surface area contributed by atoms with Gasteiger partial charge in [0.15, 0.2) is 0 Å². The number of nitrogens with zero attached hydrogens (tertiary/aromatic N) is 2. The standard InChI is InChI=1S/C13H18F2N2O/c14-13(15,6-10-18)11-5-4-7-16-12(11)17-8-2-1-3-9-17/h4-5,7,18H,1-3,6,8-10H2. The highest BCUT2D eigenvalue weighted by atomic mass is 19.3. The van der Waals surface area contributed by atoms with Gasteiger partial charge in [0.25, 0.3) is 5.92 Å². The Balaban J connectivity index is 2.29. The first-order valence-electron chi connectivity index (χ1n) is 6.34. The monoisotopic (exact) mass is 256 g/mol. The van der Waals surface area contributed by atoms with Gasteiger partial charge in [-0.25, -0.2) is 13.8 Å². The molecule has 0 aromatic carbocycles. The number of hydrogen-bond donors (Lipinski definition) is 1. The maximum atomic E-state index is 13.9. The van der Waals surface area contributed by atoms with E-state index in [1.807, 2.05) is 4.90 Å². The molecule has 1 aliphatic heterocycles. The van der Waals surface area contributed by atoms with Gasteiger partial charge in [0, 0.05) is 32.3 Å². The maximum absolute atomic E-state index is 13.9. The predicted octanol–water partition coefficient (Wildman–Crippen LogP) is 2.55. The Labute approximate surface area is 105 Å². The van der Waals surface area contributed by atoms with Gasteiger partial charge in [-0.2, -0.15) is 0 Å². The molecule has 0 aliphatic carbocycles. The zero-order valence-electron chi connectivity index (χ0n) is 10.3. The third kappa shape index (κ3) is 2.77. The maximum Gasteiger partial charge on any atom is 0.278 e. The number of hydrogen-bond acceptors (Lipinski definition) is 3. The summed E-state index contributed by atoms with van der Waals surface area (Å²) in [5.74, 6) is -2.65. The predicted molar refractivity (Wildman–Crippen MR) is 65.9 cm³/mol. The molecule has 3 nitrogen and oxygen atoms in total. The minimum absolute atomic E-state index is 0.0686. The number of aliphatic hydroxyl groups excluding tert-OH is 1. The second kappa shape index (κ2) is 5.61. The van der Waals surface area contributed by atoms with Gasteiger partial charge < -0.3 is 10.0 Å². The van der Waals surface area contributed by atoms with E-state index in [-0.39, 0.29) is 5.56 Å². The Morgan fingerprint density at radius 3 is 2.67 bits per heavy atom. The molecule has 2 rings (SSSR count). The second-order valence-electron chi connectivity index (χ2n) is 4.60. The topological polar surface area (TPSA) is 36.4 Å². The van der Waals surface area contributed by atoms with Crippen molar-refractivity contribution in [1.82, 2.24) is 4.98 Å². The molecular formula is C13H18F2N2O. The van der Waals surface area contributed by atoms with E-state index in [1.165, 1.54) is 12.1 Å². The van der Waals surface area contributed by atoms with Crippen LogP contribution in [0.15, 0.2) is 18.3 Å². The first kappa shape index (κ1) is 13.2. The van der Waals surface area contributed by atoms with Crippen LogP contribution in [0.5, 0.6) is 0 Å². The molecule has 0 saturated carbocycles. The molecule has 100 valence electrons. The number of alkyl halides is 2. The lowest BCUT2D eigenvalue weighted by molar-refractivity contribution is -0.0267. The van der Waals surface area contributed by atoms with Crippen LogP contribution < -0.4 is 4.90 Å². The minimum atomic E-state index is -3.02. The number of anilines is 1. The number of aliphatic hydroxyl groups is 1. The van der Waals surface area contributed by atoms with Crippen molar-refractivity contribution in [1.29, 1.82) is 0 Å². The molecule has 1 aromatic rings. The molecule has 0 bridgehead atoms. The van der Waals surface area contributed by atoms with E-state index in [0.717, 1.165) is 32.4 Å². The van der Waals surface area contributed by atoms with Crippen LogP contribution in [-0.4, -0.2) is 29.8 Å². The highest BCUT2D eigenvalue weighted by molar-refractivity contribution is 5.49. The first-order valence-corrected chi connectivity index (χ1v) is 6.34. The summed E-state index contributed by atoms with van der Waals surface area (Å²) < 4.78 is 27.9. The molecule has 0 atom stereocenters. The van der Waals surface area contributed by atoms with Crippen LogP contribution in [0.3, 0.4) is 0 Å². The summed E-state index contributed by atoms with van der Waals surface area (Å²) in [5, 5.41) is 8.75. The molecule has 1 fully saturated rings. The lowest BCUT2D eigenvalue weighted by Crippen LogP contribution is -2.32.